The standard InChI is InChI=1S/C16H21N5O2.2ClH/c1-11-18-14(20-19-11)13-10-21(8-9-23-13)15(22)16(2,17)12-6-4-3-5-7-12;;/h3-7,13H,8-10,17H2,1-2H3,(H,18,19,20);2*1H. The molecule has 2 unspecified atom stereocenters. The highest BCUT2D eigenvalue weighted by atomic mass is 35.5. The number of morpholine rings is 1. The molecule has 1 aromatic carbocycles. The fraction of sp³-hybridized carbons (Fsp3) is 0.438. The number of carbonyl (C=O) groups excluding carboxylic acids is 1. The van der Waals surface area contributed by atoms with E-state index in [-0.39, 0.29) is 36.8 Å². The molecule has 0 bridgehead atoms. The Hall–Kier alpha value is -1.67. The van der Waals surface area contributed by atoms with Gasteiger partial charge >= 0.3 is 0 Å². The molecule has 3 rings (SSSR count). The first kappa shape index (κ1) is 21.4. The van der Waals surface area contributed by atoms with E-state index in [1.54, 1.807) is 11.8 Å². The number of hydrogen-bond donors (Lipinski definition) is 2. The van der Waals surface area contributed by atoms with Crippen LogP contribution in [0, 0.1) is 6.92 Å². The number of benzene rings is 1. The Labute approximate surface area is 159 Å². The molecular formula is C16H23Cl2N5O2. The lowest BCUT2D eigenvalue weighted by atomic mass is 9.91. The van der Waals surface area contributed by atoms with Gasteiger partial charge in [-0.25, -0.2) is 4.98 Å². The second-order valence-electron chi connectivity index (χ2n) is 5.96. The van der Waals surface area contributed by atoms with E-state index < -0.39 is 5.54 Å². The molecule has 138 valence electrons. The molecule has 3 N–H and O–H groups in total. The van der Waals surface area contributed by atoms with E-state index >= 15 is 0 Å². The maximum absolute atomic E-state index is 12.9. The second-order valence-corrected chi connectivity index (χ2v) is 5.96. The van der Waals surface area contributed by atoms with Crippen molar-refractivity contribution in [2.45, 2.75) is 25.5 Å². The number of aryl methyl sites for hydroxylation is 1. The van der Waals surface area contributed by atoms with Gasteiger partial charge in [-0.1, -0.05) is 30.3 Å². The van der Waals surface area contributed by atoms with Crippen LogP contribution >= 0.6 is 24.8 Å². The first-order valence-corrected chi connectivity index (χ1v) is 7.63. The molecule has 7 nitrogen and oxygen atoms in total. The van der Waals surface area contributed by atoms with Crippen molar-refractivity contribution in [2.24, 2.45) is 5.73 Å². The van der Waals surface area contributed by atoms with Gasteiger partial charge in [0.2, 0.25) is 5.91 Å². The molecule has 1 saturated heterocycles. The van der Waals surface area contributed by atoms with E-state index in [0.29, 0.717) is 25.5 Å². The molecule has 2 heterocycles. The van der Waals surface area contributed by atoms with Crippen LogP contribution in [-0.4, -0.2) is 45.7 Å². The zero-order valence-electron chi connectivity index (χ0n) is 14.1. The van der Waals surface area contributed by atoms with Crippen LogP contribution in [0.5, 0.6) is 0 Å². The van der Waals surface area contributed by atoms with Gasteiger partial charge in [0.05, 0.1) is 13.2 Å². The van der Waals surface area contributed by atoms with Gasteiger partial charge in [-0.3, -0.25) is 9.89 Å². The zero-order chi connectivity index (χ0) is 16.4. The number of nitrogens with one attached hydrogen (secondary N) is 1. The third-order valence-corrected chi connectivity index (χ3v) is 4.07. The molecule has 0 spiro atoms. The summed E-state index contributed by atoms with van der Waals surface area (Å²) < 4.78 is 5.70. The van der Waals surface area contributed by atoms with E-state index in [2.05, 4.69) is 15.2 Å². The molecule has 25 heavy (non-hydrogen) atoms. The quantitative estimate of drug-likeness (QED) is 0.835. The number of rotatable bonds is 3. The minimum Gasteiger partial charge on any atom is -0.366 e. The van der Waals surface area contributed by atoms with Crippen molar-refractivity contribution in [1.29, 1.82) is 0 Å². The Morgan fingerprint density at radius 2 is 2.04 bits per heavy atom. The van der Waals surface area contributed by atoms with Crippen molar-refractivity contribution in [1.82, 2.24) is 20.1 Å². The van der Waals surface area contributed by atoms with Crippen LogP contribution in [0.1, 0.15) is 30.2 Å². The number of halogens is 2. The van der Waals surface area contributed by atoms with Gasteiger partial charge in [0.15, 0.2) is 5.82 Å². The highest BCUT2D eigenvalue weighted by Gasteiger charge is 2.37. The predicted molar refractivity (Wildman–Crippen MR) is 98.9 cm³/mol. The highest BCUT2D eigenvalue weighted by Crippen LogP contribution is 2.25. The lowest BCUT2D eigenvalue weighted by Gasteiger charge is -2.36. The Kier molecular flexibility index (Phi) is 7.37. The first-order valence-electron chi connectivity index (χ1n) is 7.63. The lowest BCUT2D eigenvalue weighted by Crippen LogP contribution is -2.54. The van der Waals surface area contributed by atoms with Crippen molar-refractivity contribution in [2.75, 3.05) is 19.7 Å². The van der Waals surface area contributed by atoms with E-state index in [0.717, 1.165) is 11.4 Å². The molecule has 2 atom stereocenters. The van der Waals surface area contributed by atoms with Gasteiger partial charge in [0, 0.05) is 6.54 Å². The van der Waals surface area contributed by atoms with Crippen LogP contribution in [0.15, 0.2) is 30.3 Å². The van der Waals surface area contributed by atoms with Crippen molar-refractivity contribution in [3.05, 3.63) is 47.5 Å². The number of amides is 1. The molecule has 0 aliphatic carbocycles. The van der Waals surface area contributed by atoms with Crippen LogP contribution in [0.3, 0.4) is 0 Å². The van der Waals surface area contributed by atoms with Crippen LogP contribution in [0.25, 0.3) is 0 Å². The fourth-order valence-corrected chi connectivity index (χ4v) is 2.73. The Bertz CT molecular complexity index is 693. The molecule has 9 heteroatoms. The third-order valence-electron chi connectivity index (χ3n) is 4.07. The first-order chi connectivity index (χ1) is 11.0. The number of aromatic amines is 1. The molecule has 1 fully saturated rings. The molecule has 1 amide bonds. The number of ether oxygens (including phenoxy) is 1. The minimum atomic E-state index is -1.07. The summed E-state index contributed by atoms with van der Waals surface area (Å²) in [6.07, 6.45) is -0.329. The summed E-state index contributed by atoms with van der Waals surface area (Å²) in [5.41, 5.74) is 6.05. The average molecular weight is 388 g/mol. The van der Waals surface area contributed by atoms with Crippen LogP contribution < -0.4 is 5.73 Å². The van der Waals surface area contributed by atoms with Crippen molar-refractivity contribution >= 4 is 30.7 Å². The number of nitrogens with two attached hydrogens (primary N) is 1. The average Bonchev–Trinajstić information content (AvgIpc) is 3.01. The Balaban J connectivity index is 0.00000156. The molecule has 1 aliphatic rings. The van der Waals surface area contributed by atoms with Gasteiger partial charge in [-0.2, -0.15) is 5.10 Å². The number of H-pyrrole nitrogens is 1. The monoisotopic (exact) mass is 387 g/mol. The Morgan fingerprint density at radius 1 is 1.36 bits per heavy atom. The number of carbonyl (C=O) groups is 1. The third kappa shape index (κ3) is 4.49. The van der Waals surface area contributed by atoms with Crippen molar-refractivity contribution in [3.63, 3.8) is 0 Å². The van der Waals surface area contributed by atoms with Crippen LogP contribution in [-0.2, 0) is 15.1 Å². The van der Waals surface area contributed by atoms with Gasteiger partial charge in [0.25, 0.3) is 0 Å². The fourth-order valence-electron chi connectivity index (χ4n) is 2.73. The maximum atomic E-state index is 12.9. The van der Waals surface area contributed by atoms with Crippen molar-refractivity contribution in [3.8, 4) is 0 Å². The summed E-state index contributed by atoms with van der Waals surface area (Å²) in [6, 6.07) is 9.40. The largest absolute Gasteiger partial charge is 0.366 e. The lowest BCUT2D eigenvalue weighted by molar-refractivity contribution is -0.144. The summed E-state index contributed by atoms with van der Waals surface area (Å²) >= 11 is 0. The topological polar surface area (TPSA) is 97.1 Å². The Morgan fingerprint density at radius 3 is 2.64 bits per heavy atom. The van der Waals surface area contributed by atoms with Crippen molar-refractivity contribution < 1.29 is 9.53 Å². The normalized spacial score (nSPS) is 19.3. The second kappa shape index (κ2) is 8.62. The van der Waals surface area contributed by atoms with Gasteiger partial charge in [-0.05, 0) is 19.4 Å². The van der Waals surface area contributed by atoms with Gasteiger partial charge < -0.3 is 15.4 Å². The van der Waals surface area contributed by atoms with E-state index in [1.807, 2.05) is 37.3 Å². The molecule has 1 aromatic heterocycles. The summed E-state index contributed by atoms with van der Waals surface area (Å²) in [6.45, 7) is 4.92. The molecule has 2 aromatic rings. The highest BCUT2D eigenvalue weighted by molar-refractivity contribution is 5.87. The SMILES string of the molecule is Cc1nc(C2CN(C(=O)C(C)(N)c3ccccc3)CCO2)n[nH]1.Cl.Cl. The zero-order valence-corrected chi connectivity index (χ0v) is 15.8. The van der Waals surface area contributed by atoms with E-state index in [1.165, 1.54) is 0 Å². The van der Waals surface area contributed by atoms with E-state index in [9.17, 15) is 4.79 Å². The van der Waals surface area contributed by atoms with Crippen LogP contribution in [0.4, 0.5) is 0 Å². The number of aromatic nitrogens is 3. The maximum Gasteiger partial charge on any atom is 0.247 e. The molecular weight excluding hydrogens is 365 g/mol. The molecule has 1 aliphatic heterocycles. The number of nitrogens with zero attached hydrogens (tertiary/aromatic N) is 3. The molecule has 0 saturated carbocycles. The smallest absolute Gasteiger partial charge is 0.247 e. The number of hydrogen-bond acceptors (Lipinski definition) is 5. The summed E-state index contributed by atoms with van der Waals surface area (Å²) in [4.78, 5) is 18.9. The summed E-state index contributed by atoms with van der Waals surface area (Å²) in [7, 11) is 0. The van der Waals surface area contributed by atoms with Crippen LogP contribution in [0.2, 0.25) is 0 Å². The van der Waals surface area contributed by atoms with E-state index in [4.69, 9.17) is 10.5 Å². The predicted octanol–water partition coefficient (Wildman–Crippen LogP) is 1.73. The summed E-state index contributed by atoms with van der Waals surface area (Å²) in [5.74, 6) is 1.17. The van der Waals surface area contributed by atoms with Gasteiger partial charge in [0.1, 0.15) is 17.5 Å². The minimum absolute atomic E-state index is 0. The summed E-state index contributed by atoms with van der Waals surface area (Å²) in [5, 5.41) is 6.92. The van der Waals surface area contributed by atoms with Gasteiger partial charge in [-0.15, -0.1) is 24.8 Å². The molecule has 0 radical (unpaired) electrons.